The van der Waals surface area contributed by atoms with Crippen LogP contribution in [-0.4, -0.2) is 27.5 Å². The van der Waals surface area contributed by atoms with Gasteiger partial charge in [0.1, 0.15) is 10.7 Å². The van der Waals surface area contributed by atoms with Crippen LogP contribution in [0, 0.1) is 5.82 Å². The van der Waals surface area contributed by atoms with Gasteiger partial charge in [0.25, 0.3) is 0 Å². The average molecular weight is 260 g/mol. The van der Waals surface area contributed by atoms with Crippen LogP contribution in [0.25, 0.3) is 0 Å². The summed E-state index contributed by atoms with van der Waals surface area (Å²) >= 11 is 0. The predicted octanol–water partition coefficient (Wildman–Crippen LogP) is 1.10. The van der Waals surface area contributed by atoms with E-state index >= 15 is 0 Å². The lowest BCUT2D eigenvalue weighted by Gasteiger charge is -2.10. The molecule has 1 aromatic carbocycles. The summed E-state index contributed by atoms with van der Waals surface area (Å²) in [4.78, 5) is -0.315. The maximum absolute atomic E-state index is 13.3. The number of sulfonamides is 1. The average Bonchev–Trinajstić information content (AvgIpc) is 2.24. The van der Waals surface area contributed by atoms with Gasteiger partial charge in [0.15, 0.2) is 0 Å². The molecule has 17 heavy (non-hydrogen) atoms. The van der Waals surface area contributed by atoms with Crippen molar-refractivity contribution in [2.24, 2.45) is 0 Å². The van der Waals surface area contributed by atoms with Crippen LogP contribution >= 0.6 is 0 Å². The van der Waals surface area contributed by atoms with E-state index in [1.165, 1.54) is 18.2 Å². The number of hydrogen-bond acceptors (Lipinski definition) is 3. The van der Waals surface area contributed by atoms with Gasteiger partial charge in [-0.2, -0.15) is 0 Å². The summed E-state index contributed by atoms with van der Waals surface area (Å²) in [5, 5.41) is 3.06. The van der Waals surface area contributed by atoms with Gasteiger partial charge in [-0.15, -0.1) is 0 Å². The van der Waals surface area contributed by atoms with Crippen molar-refractivity contribution in [2.75, 3.05) is 13.1 Å². The van der Waals surface area contributed by atoms with Crippen LogP contribution in [0.1, 0.15) is 13.8 Å². The smallest absolute Gasteiger partial charge is 0.243 e. The fourth-order valence-corrected chi connectivity index (χ4v) is 2.40. The Balaban J connectivity index is 2.61. The van der Waals surface area contributed by atoms with E-state index < -0.39 is 15.8 Å². The van der Waals surface area contributed by atoms with Gasteiger partial charge >= 0.3 is 0 Å². The maximum Gasteiger partial charge on any atom is 0.243 e. The van der Waals surface area contributed by atoms with E-state index in [1.807, 2.05) is 13.8 Å². The Morgan fingerprint density at radius 2 is 1.88 bits per heavy atom. The molecule has 0 unspecified atom stereocenters. The van der Waals surface area contributed by atoms with Gasteiger partial charge in [0.2, 0.25) is 10.0 Å². The number of benzene rings is 1. The lowest BCUT2D eigenvalue weighted by molar-refractivity contribution is 0.546. The summed E-state index contributed by atoms with van der Waals surface area (Å²) in [5.41, 5.74) is 0. The second-order valence-electron chi connectivity index (χ2n) is 3.94. The van der Waals surface area contributed by atoms with Crippen LogP contribution in [0.5, 0.6) is 0 Å². The predicted molar refractivity (Wildman–Crippen MR) is 64.7 cm³/mol. The van der Waals surface area contributed by atoms with Gasteiger partial charge in [-0.25, -0.2) is 17.5 Å². The summed E-state index contributed by atoms with van der Waals surface area (Å²) in [7, 11) is -3.75. The second kappa shape index (κ2) is 6.09. The highest BCUT2D eigenvalue weighted by Crippen LogP contribution is 2.12. The van der Waals surface area contributed by atoms with Crippen molar-refractivity contribution in [2.45, 2.75) is 24.8 Å². The Morgan fingerprint density at radius 3 is 2.47 bits per heavy atom. The summed E-state index contributed by atoms with van der Waals surface area (Å²) in [6, 6.07) is 5.60. The van der Waals surface area contributed by atoms with Crippen LogP contribution in [0.4, 0.5) is 4.39 Å². The second-order valence-corrected chi connectivity index (χ2v) is 5.67. The molecular formula is C11H17FN2O2S. The molecule has 4 nitrogen and oxygen atoms in total. The lowest BCUT2D eigenvalue weighted by Crippen LogP contribution is -2.34. The Hall–Kier alpha value is -0.980. The fourth-order valence-electron chi connectivity index (χ4n) is 1.29. The Bertz CT molecular complexity index is 460. The topological polar surface area (TPSA) is 58.2 Å². The highest BCUT2D eigenvalue weighted by molar-refractivity contribution is 7.89. The van der Waals surface area contributed by atoms with E-state index in [9.17, 15) is 12.8 Å². The van der Waals surface area contributed by atoms with Crippen LogP contribution in [0.3, 0.4) is 0 Å². The van der Waals surface area contributed by atoms with Crippen molar-refractivity contribution in [3.8, 4) is 0 Å². The third kappa shape index (κ3) is 4.41. The highest BCUT2D eigenvalue weighted by atomic mass is 32.2. The highest BCUT2D eigenvalue weighted by Gasteiger charge is 2.17. The number of hydrogen-bond donors (Lipinski definition) is 2. The van der Waals surface area contributed by atoms with Gasteiger partial charge in [0, 0.05) is 19.1 Å². The van der Waals surface area contributed by atoms with Crippen LogP contribution in [0.2, 0.25) is 0 Å². The van der Waals surface area contributed by atoms with Gasteiger partial charge in [-0.1, -0.05) is 26.0 Å². The Morgan fingerprint density at radius 1 is 1.24 bits per heavy atom. The van der Waals surface area contributed by atoms with Gasteiger partial charge in [-0.3, -0.25) is 0 Å². The molecule has 0 heterocycles. The van der Waals surface area contributed by atoms with Crippen molar-refractivity contribution in [1.82, 2.24) is 10.0 Å². The normalized spacial score (nSPS) is 12.0. The molecule has 0 radical (unpaired) electrons. The molecule has 96 valence electrons. The van der Waals surface area contributed by atoms with Crippen molar-refractivity contribution >= 4 is 10.0 Å². The van der Waals surface area contributed by atoms with Crippen LogP contribution in [0.15, 0.2) is 29.2 Å². The summed E-state index contributed by atoms with van der Waals surface area (Å²) in [6.45, 7) is 4.66. The van der Waals surface area contributed by atoms with Gasteiger partial charge in [-0.05, 0) is 12.1 Å². The SMILES string of the molecule is CC(C)NCCNS(=O)(=O)c1ccccc1F. The molecule has 0 amide bonds. The molecule has 0 spiro atoms. The number of nitrogens with one attached hydrogen (secondary N) is 2. The minimum absolute atomic E-state index is 0.231. The van der Waals surface area contributed by atoms with E-state index in [0.29, 0.717) is 6.54 Å². The minimum atomic E-state index is -3.75. The minimum Gasteiger partial charge on any atom is -0.313 e. The largest absolute Gasteiger partial charge is 0.313 e. The van der Waals surface area contributed by atoms with Crippen molar-refractivity contribution in [1.29, 1.82) is 0 Å². The molecule has 0 fully saturated rings. The van der Waals surface area contributed by atoms with Crippen molar-refractivity contribution in [3.05, 3.63) is 30.1 Å². The first-order valence-corrected chi connectivity index (χ1v) is 6.89. The summed E-state index contributed by atoms with van der Waals surface area (Å²) in [6.07, 6.45) is 0. The Kier molecular flexibility index (Phi) is 5.04. The van der Waals surface area contributed by atoms with E-state index in [-0.39, 0.29) is 17.5 Å². The molecular weight excluding hydrogens is 243 g/mol. The van der Waals surface area contributed by atoms with Crippen molar-refractivity contribution in [3.63, 3.8) is 0 Å². The third-order valence-electron chi connectivity index (χ3n) is 2.10. The van der Waals surface area contributed by atoms with Crippen LogP contribution < -0.4 is 10.0 Å². The fraction of sp³-hybridized carbons (Fsp3) is 0.455. The molecule has 0 bridgehead atoms. The van der Waals surface area contributed by atoms with E-state index in [2.05, 4.69) is 10.0 Å². The van der Waals surface area contributed by atoms with Crippen LogP contribution in [-0.2, 0) is 10.0 Å². The number of halogens is 1. The molecule has 0 saturated carbocycles. The first-order chi connectivity index (χ1) is 7.93. The molecule has 0 aromatic heterocycles. The van der Waals surface area contributed by atoms with Gasteiger partial charge in [0.05, 0.1) is 0 Å². The van der Waals surface area contributed by atoms with Crippen molar-refractivity contribution < 1.29 is 12.8 Å². The molecule has 0 aliphatic carbocycles. The Labute approximate surface area is 101 Å². The first-order valence-electron chi connectivity index (χ1n) is 5.41. The maximum atomic E-state index is 13.3. The molecule has 0 atom stereocenters. The third-order valence-corrected chi connectivity index (χ3v) is 3.59. The molecule has 0 aliphatic heterocycles. The molecule has 2 N–H and O–H groups in total. The zero-order valence-electron chi connectivity index (χ0n) is 9.90. The lowest BCUT2D eigenvalue weighted by atomic mass is 10.4. The summed E-state index contributed by atoms with van der Waals surface area (Å²) in [5.74, 6) is -0.739. The quantitative estimate of drug-likeness (QED) is 0.753. The number of rotatable bonds is 6. The zero-order valence-corrected chi connectivity index (χ0v) is 10.7. The molecule has 1 rings (SSSR count). The van der Waals surface area contributed by atoms with E-state index in [1.54, 1.807) is 0 Å². The molecule has 1 aromatic rings. The first kappa shape index (κ1) is 14.1. The molecule has 0 saturated heterocycles. The van der Waals surface area contributed by atoms with Gasteiger partial charge < -0.3 is 5.32 Å². The summed E-state index contributed by atoms with van der Waals surface area (Å²) < 4.78 is 39.1. The molecule has 0 aliphatic rings. The zero-order chi connectivity index (χ0) is 12.9. The van der Waals surface area contributed by atoms with E-state index in [0.717, 1.165) is 6.07 Å². The molecule has 6 heteroatoms. The monoisotopic (exact) mass is 260 g/mol. The van der Waals surface area contributed by atoms with E-state index in [4.69, 9.17) is 0 Å². The standard InChI is InChI=1S/C11H17FN2O2S/c1-9(2)13-7-8-14-17(15,16)11-6-4-3-5-10(11)12/h3-6,9,13-14H,7-8H2,1-2H3.